The number of hydrogen-bond acceptors (Lipinski definition) is 7. The van der Waals surface area contributed by atoms with Crippen molar-refractivity contribution in [3.8, 4) is 6.07 Å². The van der Waals surface area contributed by atoms with Gasteiger partial charge in [0.15, 0.2) is 12.2 Å². The van der Waals surface area contributed by atoms with Gasteiger partial charge in [0.05, 0.1) is 23.3 Å². The van der Waals surface area contributed by atoms with Crippen LogP contribution in [0.1, 0.15) is 44.2 Å². The van der Waals surface area contributed by atoms with E-state index in [-0.39, 0.29) is 11.9 Å². The number of carbonyl (C=O) groups excluding carboxylic acids is 1. The summed E-state index contributed by atoms with van der Waals surface area (Å²) in [6.45, 7) is 5.74. The number of amides is 1. The minimum atomic E-state index is -1.32. The lowest BCUT2D eigenvalue weighted by molar-refractivity contribution is -0.134. The average molecular weight is 419 g/mol. The van der Waals surface area contributed by atoms with Crippen molar-refractivity contribution >= 4 is 24.3 Å². The van der Waals surface area contributed by atoms with E-state index in [2.05, 4.69) is 29.4 Å². The Morgan fingerprint density at radius 3 is 2.72 bits per heavy atom. The van der Waals surface area contributed by atoms with Crippen LogP contribution in [0, 0.1) is 17.2 Å². The van der Waals surface area contributed by atoms with Gasteiger partial charge in [0.25, 0.3) is 0 Å². The normalized spacial score (nSPS) is 21.5. The van der Waals surface area contributed by atoms with E-state index in [9.17, 15) is 14.9 Å². The number of nitriles is 1. The van der Waals surface area contributed by atoms with Crippen LogP contribution in [0.25, 0.3) is 0 Å². The van der Waals surface area contributed by atoms with Crippen molar-refractivity contribution in [3.63, 3.8) is 0 Å². The third-order valence-electron chi connectivity index (χ3n) is 5.46. The van der Waals surface area contributed by atoms with Gasteiger partial charge in [-0.1, -0.05) is 32.0 Å². The summed E-state index contributed by atoms with van der Waals surface area (Å²) in [6, 6.07) is 9.32. The van der Waals surface area contributed by atoms with Crippen molar-refractivity contribution in [1.82, 2.24) is 14.5 Å². The molecule has 0 radical (unpaired) electrons. The van der Waals surface area contributed by atoms with E-state index in [0.717, 1.165) is 24.2 Å². The third-order valence-corrected chi connectivity index (χ3v) is 6.25. The molecule has 1 spiro atoms. The number of nitrogens with zero attached hydrogens (tertiary/aromatic N) is 3. The zero-order valence-corrected chi connectivity index (χ0v) is 17.4. The molecule has 3 rings (SSSR count). The molecule has 2 aliphatic rings. The average Bonchev–Trinajstić information content (AvgIpc) is 2.93. The number of benzene rings is 1. The van der Waals surface area contributed by atoms with Gasteiger partial charge in [-0.3, -0.25) is 10.1 Å². The van der Waals surface area contributed by atoms with Crippen LogP contribution in [0.3, 0.4) is 0 Å². The predicted octanol–water partition coefficient (Wildman–Crippen LogP) is 2.95. The summed E-state index contributed by atoms with van der Waals surface area (Å²) in [5.74, 6) is 0.439. The molecule has 2 aliphatic heterocycles. The van der Waals surface area contributed by atoms with Crippen molar-refractivity contribution in [3.05, 3.63) is 35.4 Å². The second-order valence-corrected chi connectivity index (χ2v) is 8.74. The van der Waals surface area contributed by atoms with Gasteiger partial charge in [0, 0.05) is 19.6 Å². The van der Waals surface area contributed by atoms with Crippen molar-refractivity contribution in [2.75, 3.05) is 13.1 Å². The lowest BCUT2D eigenvalue weighted by atomic mass is 9.96. The maximum atomic E-state index is 13.3. The first-order valence-corrected chi connectivity index (χ1v) is 10.4. The third kappa shape index (κ3) is 4.83. The number of rotatable bonds is 6. The van der Waals surface area contributed by atoms with Gasteiger partial charge >= 0.3 is 6.16 Å². The standard InChI is InChI=1S/C20H26N4O4S/c1-14(2)11-17-18(25)24(13-16-6-4-3-5-15(16)12-21)20(22-17)7-9-23(10-8-20)29-28-19(26)27/h3-6,14,17,22H,7-11,13H2,1-2H3,(H,26,27). The highest BCUT2D eigenvalue weighted by Gasteiger charge is 2.51. The fourth-order valence-corrected chi connectivity index (χ4v) is 4.59. The summed E-state index contributed by atoms with van der Waals surface area (Å²) in [6.07, 6.45) is 0.726. The lowest BCUT2D eigenvalue weighted by Crippen LogP contribution is -2.57. The number of hydrogen-bond donors (Lipinski definition) is 2. The molecule has 2 N–H and O–H groups in total. The highest BCUT2D eigenvalue weighted by molar-refractivity contribution is 7.92. The second kappa shape index (κ2) is 9.03. The zero-order valence-electron chi connectivity index (χ0n) is 16.6. The van der Waals surface area contributed by atoms with E-state index in [1.165, 1.54) is 0 Å². The Bertz CT molecular complexity index is 802. The second-order valence-electron chi connectivity index (χ2n) is 7.90. The predicted molar refractivity (Wildman–Crippen MR) is 108 cm³/mol. The quantitative estimate of drug-likeness (QED) is 0.537. The van der Waals surface area contributed by atoms with Crippen LogP contribution in [0.2, 0.25) is 0 Å². The van der Waals surface area contributed by atoms with E-state index in [1.54, 1.807) is 6.07 Å². The van der Waals surface area contributed by atoms with E-state index in [1.807, 2.05) is 27.4 Å². The molecule has 2 heterocycles. The first-order chi connectivity index (χ1) is 13.8. The van der Waals surface area contributed by atoms with Gasteiger partial charge in [-0.25, -0.2) is 9.10 Å². The first-order valence-electron chi connectivity index (χ1n) is 9.74. The topological polar surface area (TPSA) is 106 Å². The molecule has 1 atom stereocenters. The van der Waals surface area contributed by atoms with Gasteiger partial charge in [-0.15, -0.1) is 0 Å². The molecule has 1 aromatic rings. The molecule has 0 aliphatic carbocycles. The van der Waals surface area contributed by atoms with Crippen LogP contribution >= 0.6 is 12.2 Å². The van der Waals surface area contributed by atoms with Crippen molar-refractivity contribution in [1.29, 1.82) is 5.26 Å². The van der Waals surface area contributed by atoms with Crippen molar-refractivity contribution < 1.29 is 18.9 Å². The smallest absolute Gasteiger partial charge is 0.449 e. The minimum absolute atomic E-state index is 0.0642. The Hall–Kier alpha value is -2.28. The van der Waals surface area contributed by atoms with Gasteiger partial charge < -0.3 is 14.2 Å². The van der Waals surface area contributed by atoms with Gasteiger partial charge in [0.1, 0.15) is 0 Å². The molecule has 0 saturated carbocycles. The van der Waals surface area contributed by atoms with Crippen LogP contribution in [0.5, 0.6) is 0 Å². The molecule has 0 bridgehead atoms. The molecule has 156 valence electrons. The van der Waals surface area contributed by atoms with Crippen LogP contribution in [0.4, 0.5) is 4.79 Å². The fourth-order valence-electron chi connectivity index (χ4n) is 4.09. The molecule has 1 amide bonds. The van der Waals surface area contributed by atoms with Crippen LogP contribution in [0.15, 0.2) is 24.3 Å². The van der Waals surface area contributed by atoms with E-state index in [0.29, 0.717) is 44.0 Å². The molecule has 8 nitrogen and oxygen atoms in total. The highest BCUT2D eigenvalue weighted by Crippen LogP contribution is 2.37. The monoisotopic (exact) mass is 418 g/mol. The molecular weight excluding hydrogens is 392 g/mol. The Morgan fingerprint density at radius 1 is 1.41 bits per heavy atom. The summed E-state index contributed by atoms with van der Waals surface area (Å²) < 4.78 is 6.45. The number of carboxylic acid groups (broad SMARTS) is 1. The summed E-state index contributed by atoms with van der Waals surface area (Å²) in [7, 11) is 0. The highest BCUT2D eigenvalue weighted by atomic mass is 32.2. The molecule has 0 aromatic heterocycles. The van der Waals surface area contributed by atoms with Gasteiger partial charge in [-0.2, -0.15) is 5.26 Å². The largest absolute Gasteiger partial charge is 0.519 e. The molecule has 2 fully saturated rings. The summed E-state index contributed by atoms with van der Waals surface area (Å²) in [4.78, 5) is 25.8. The zero-order chi connectivity index (χ0) is 21.0. The molecule has 29 heavy (non-hydrogen) atoms. The Balaban J connectivity index is 1.80. The van der Waals surface area contributed by atoms with Gasteiger partial charge in [-0.05, 0) is 36.8 Å². The minimum Gasteiger partial charge on any atom is -0.449 e. The Kier molecular flexibility index (Phi) is 6.67. The summed E-state index contributed by atoms with van der Waals surface area (Å²) in [5.41, 5.74) is 0.908. The van der Waals surface area contributed by atoms with Crippen LogP contribution < -0.4 is 5.32 Å². The maximum absolute atomic E-state index is 13.3. The number of carbonyl (C=O) groups is 2. The van der Waals surface area contributed by atoms with Crippen molar-refractivity contribution in [2.45, 2.75) is 51.4 Å². The fraction of sp³-hybridized carbons (Fsp3) is 0.550. The lowest BCUT2D eigenvalue weighted by Gasteiger charge is -2.43. The van der Waals surface area contributed by atoms with Crippen LogP contribution in [-0.2, 0) is 15.5 Å². The molecule has 2 saturated heterocycles. The summed E-state index contributed by atoms with van der Waals surface area (Å²) in [5, 5.41) is 21.7. The Labute approximate surface area is 175 Å². The van der Waals surface area contributed by atoms with Gasteiger partial charge in [0.2, 0.25) is 5.91 Å². The van der Waals surface area contributed by atoms with E-state index < -0.39 is 11.8 Å². The molecular formula is C20H26N4O4S. The number of piperidine rings is 1. The number of nitrogens with one attached hydrogen (secondary N) is 1. The molecule has 1 aromatic carbocycles. The molecule has 1 unspecified atom stereocenters. The maximum Gasteiger partial charge on any atom is 0.519 e. The van der Waals surface area contributed by atoms with Crippen LogP contribution in [-0.4, -0.2) is 51.2 Å². The first kappa shape index (κ1) is 21.4. The summed E-state index contributed by atoms with van der Waals surface area (Å²) >= 11 is 0.831. The molecule has 9 heteroatoms. The van der Waals surface area contributed by atoms with E-state index >= 15 is 0 Å². The SMILES string of the molecule is CC(C)CC1NC2(CCN(SOC(=O)O)CC2)N(Cc2ccccc2C#N)C1=O. The van der Waals surface area contributed by atoms with Crippen molar-refractivity contribution in [2.24, 2.45) is 5.92 Å². The Morgan fingerprint density at radius 2 is 2.10 bits per heavy atom. The van der Waals surface area contributed by atoms with E-state index in [4.69, 9.17) is 5.11 Å².